The van der Waals surface area contributed by atoms with Crippen molar-refractivity contribution >= 4 is 17.5 Å². The van der Waals surface area contributed by atoms with Gasteiger partial charge >= 0.3 is 0 Å². The zero-order chi connectivity index (χ0) is 17.2. The summed E-state index contributed by atoms with van der Waals surface area (Å²) in [6.07, 6.45) is 9.67. The summed E-state index contributed by atoms with van der Waals surface area (Å²) in [6, 6.07) is 0. The third kappa shape index (κ3) is 4.03. The maximum atomic E-state index is 12.4. The number of likely N-dealkylation sites (tertiary alicyclic amines) is 1. The highest BCUT2D eigenvalue weighted by Gasteiger charge is 2.28. The summed E-state index contributed by atoms with van der Waals surface area (Å²) < 4.78 is 2.33. The van der Waals surface area contributed by atoms with Crippen molar-refractivity contribution in [2.45, 2.75) is 51.0 Å². The Bertz CT molecular complexity index is 729. The average Bonchev–Trinajstić information content (AvgIpc) is 3.15. The molecule has 0 unspecified atom stereocenters. The Kier molecular flexibility index (Phi) is 4.74. The number of hydrogen-bond acceptors (Lipinski definition) is 4. The minimum Gasteiger partial charge on any atom is -0.343 e. The van der Waals surface area contributed by atoms with E-state index in [0.29, 0.717) is 24.6 Å². The van der Waals surface area contributed by atoms with Crippen LogP contribution >= 0.6 is 11.6 Å². The molecular weight excluding hydrogens is 340 g/mol. The first-order valence-corrected chi connectivity index (χ1v) is 9.42. The molecule has 7 nitrogen and oxygen atoms in total. The van der Waals surface area contributed by atoms with Gasteiger partial charge in [0, 0.05) is 50.8 Å². The van der Waals surface area contributed by atoms with E-state index in [1.165, 1.54) is 18.7 Å². The predicted molar refractivity (Wildman–Crippen MR) is 93.2 cm³/mol. The Balaban J connectivity index is 1.27. The summed E-state index contributed by atoms with van der Waals surface area (Å²) in [5.41, 5.74) is 0. The van der Waals surface area contributed by atoms with E-state index in [9.17, 15) is 4.79 Å². The third-order valence-electron chi connectivity index (χ3n) is 5.19. The number of nitrogens with zero attached hydrogens (tertiary/aromatic N) is 5. The lowest BCUT2D eigenvalue weighted by Gasteiger charge is -2.32. The first kappa shape index (κ1) is 16.6. The molecule has 0 bridgehead atoms. The van der Waals surface area contributed by atoms with Gasteiger partial charge in [0.15, 0.2) is 0 Å². The van der Waals surface area contributed by atoms with Crippen molar-refractivity contribution in [1.82, 2.24) is 29.6 Å². The van der Waals surface area contributed by atoms with E-state index in [1.807, 2.05) is 11.1 Å². The van der Waals surface area contributed by atoms with Crippen molar-refractivity contribution in [1.29, 1.82) is 0 Å². The van der Waals surface area contributed by atoms with Crippen LogP contribution in [0.2, 0.25) is 5.28 Å². The van der Waals surface area contributed by atoms with Gasteiger partial charge in [0.05, 0.1) is 0 Å². The second-order valence-electron chi connectivity index (χ2n) is 7.09. The van der Waals surface area contributed by atoms with Gasteiger partial charge in [-0.15, -0.1) is 5.10 Å². The number of aromatic nitrogens is 5. The van der Waals surface area contributed by atoms with Crippen LogP contribution in [0.15, 0.2) is 12.4 Å². The van der Waals surface area contributed by atoms with Crippen LogP contribution in [0.25, 0.3) is 0 Å². The number of aromatic amines is 1. The first-order valence-electron chi connectivity index (χ1n) is 9.04. The molecule has 0 aromatic carbocycles. The highest BCUT2D eigenvalue weighted by molar-refractivity contribution is 6.28. The van der Waals surface area contributed by atoms with E-state index in [-0.39, 0.29) is 11.2 Å². The molecule has 2 aromatic rings. The van der Waals surface area contributed by atoms with Gasteiger partial charge in [-0.25, -0.2) is 9.97 Å². The molecule has 2 fully saturated rings. The maximum Gasteiger partial charge on any atom is 0.242 e. The van der Waals surface area contributed by atoms with E-state index in [1.54, 1.807) is 0 Å². The van der Waals surface area contributed by atoms with E-state index >= 15 is 0 Å². The lowest BCUT2D eigenvalue weighted by molar-refractivity contribution is -0.132. The minimum atomic E-state index is 0.173. The van der Waals surface area contributed by atoms with Crippen molar-refractivity contribution in [2.24, 2.45) is 5.92 Å². The number of hydrogen-bond donors (Lipinski definition) is 1. The number of nitrogens with one attached hydrogen (secondary N) is 1. The molecule has 2 aromatic heterocycles. The summed E-state index contributed by atoms with van der Waals surface area (Å²) >= 11 is 5.68. The number of rotatable bonds is 6. The lowest BCUT2D eigenvalue weighted by Crippen LogP contribution is -2.38. The van der Waals surface area contributed by atoms with Gasteiger partial charge in [0.1, 0.15) is 11.6 Å². The standard InChI is InChI=1S/C17H23ClN6O/c18-17-20-14(21-22-17)3-4-15(25)23-8-5-13(6-9-23)16-19-7-10-24(16)11-12-1-2-12/h7,10,12-13H,1-6,8-9,11H2,(H,20,21,22). The average molecular weight is 363 g/mol. The zero-order valence-corrected chi connectivity index (χ0v) is 15.0. The van der Waals surface area contributed by atoms with Crippen molar-refractivity contribution in [3.05, 3.63) is 29.3 Å². The summed E-state index contributed by atoms with van der Waals surface area (Å²) in [5, 5.41) is 6.71. The first-order chi connectivity index (χ1) is 12.2. The normalized spacial score (nSPS) is 18.7. The van der Waals surface area contributed by atoms with E-state index in [2.05, 4.69) is 30.9 Å². The zero-order valence-electron chi connectivity index (χ0n) is 14.2. The molecule has 134 valence electrons. The second kappa shape index (κ2) is 7.15. The minimum absolute atomic E-state index is 0.173. The highest BCUT2D eigenvalue weighted by Crippen LogP contribution is 2.33. The van der Waals surface area contributed by atoms with Crippen molar-refractivity contribution in [3.63, 3.8) is 0 Å². The molecule has 1 saturated heterocycles. The third-order valence-corrected chi connectivity index (χ3v) is 5.36. The molecule has 1 aliphatic heterocycles. The largest absolute Gasteiger partial charge is 0.343 e. The molecule has 1 N–H and O–H groups in total. The van der Waals surface area contributed by atoms with Gasteiger partial charge in [-0.1, -0.05) is 0 Å². The summed E-state index contributed by atoms with van der Waals surface area (Å²) in [4.78, 5) is 23.0. The van der Waals surface area contributed by atoms with Crippen LogP contribution in [0.5, 0.6) is 0 Å². The summed E-state index contributed by atoms with van der Waals surface area (Å²) in [5.74, 6) is 3.35. The number of carbonyl (C=O) groups is 1. The number of carbonyl (C=O) groups excluding carboxylic acids is 1. The van der Waals surface area contributed by atoms with Crippen LogP contribution in [-0.4, -0.2) is 48.6 Å². The topological polar surface area (TPSA) is 79.7 Å². The molecule has 1 aliphatic carbocycles. The van der Waals surface area contributed by atoms with Gasteiger partial charge in [-0.2, -0.15) is 0 Å². The lowest BCUT2D eigenvalue weighted by atomic mass is 9.95. The van der Waals surface area contributed by atoms with Gasteiger partial charge in [-0.3, -0.25) is 9.89 Å². The number of piperidine rings is 1. The van der Waals surface area contributed by atoms with E-state index in [4.69, 9.17) is 11.6 Å². The van der Waals surface area contributed by atoms with E-state index in [0.717, 1.165) is 38.4 Å². The molecular formula is C17H23ClN6O. The van der Waals surface area contributed by atoms with Crippen LogP contribution in [0, 0.1) is 5.92 Å². The Morgan fingerprint density at radius 2 is 2.08 bits per heavy atom. The van der Waals surface area contributed by atoms with E-state index < -0.39 is 0 Å². The number of imidazole rings is 1. The molecule has 2 aliphatic rings. The molecule has 0 radical (unpaired) electrons. The molecule has 4 rings (SSSR count). The fourth-order valence-corrected chi connectivity index (χ4v) is 3.71. The smallest absolute Gasteiger partial charge is 0.242 e. The molecule has 1 amide bonds. The fourth-order valence-electron chi connectivity index (χ4n) is 3.57. The quantitative estimate of drug-likeness (QED) is 0.855. The Morgan fingerprint density at radius 1 is 1.28 bits per heavy atom. The fraction of sp³-hybridized carbons (Fsp3) is 0.647. The monoisotopic (exact) mass is 362 g/mol. The van der Waals surface area contributed by atoms with Crippen LogP contribution in [0.1, 0.15) is 49.7 Å². The van der Waals surface area contributed by atoms with Crippen LogP contribution in [0.3, 0.4) is 0 Å². The van der Waals surface area contributed by atoms with Crippen LogP contribution in [0.4, 0.5) is 0 Å². The second-order valence-corrected chi connectivity index (χ2v) is 7.43. The van der Waals surface area contributed by atoms with Gasteiger partial charge in [0.2, 0.25) is 11.2 Å². The maximum absolute atomic E-state index is 12.4. The molecule has 0 atom stereocenters. The Hall–Kier alpha value is -1.89. The summed E-state index contributed by atoms with van der Waals surface area (Å²) in [6.45, 7) is 2.71. The van der Waals surface area contributed by atoms with Gasteiger partial charge in [-0.05, 0) is 43.2 Å². The highest BCUT2D eigenvalue weighted by atomic mass is 35.5. The summed E-state index contributed by atoms with van der Waals surface area (Å²) in [7, 11) is 0. The molecule has 8 heteroatoms. The predicted octanol–water partition coefficient (Wildman–Crippen LogP) is 2.40. The number of amides is 1. The Morgan fingerprint density at radius 3 is 2.76 bits per heavy atom. The van der Waals surface area contributed by atoms with Crippen molar-refractivity contribution in [3.8, 4) is 0 Å². The van der Waals surface area contributed by atoms with Crippen LogP contribution in [-0.2, 0) is 17.8 Å². The SMILES string of the molecule is O=C(CCc1nc(Cl)n[nH]1)N1CCC(c2nccn2CC2CC2)CC1. The number of aryl methyl sites for hydroxylation is 1. The van der Waals surface area contributed by atoms with Crippen molar-refractivity contribution in [2.75, 3.05) is 13.1 Å². The molecule has 3 heterocycles. The van der Waals surface area contributed by atoms with Crippen LogP contribution < -0.4 is 0 Å². The van der Waals surface area contributed by atoms with Gasteiger partial charge in [0.25, 0.3) is 0 Å². The Labute approximate surface area is 151 Å². The van der Waals surface area contributed by atoms with Crippen molar-refractivity contribution < 1.29 is 4.79 Å². The molecule has 25 heavy (non-hydrogen) atoms. The number of halogens is 1. The molecule has 1 saturated carbocycles. The molecule has 0 spiro atoms. The number of H-pyrrole nitrogens is 1. The van der Waals surface area contributed by atoms with Gasteiger partial charge < -0.3 is 9.47 Å².